The maximum atomic E-state index is 10.5. The average Bonchev–Trinajstić information content (AvgIpc) is 2.73. The number of aromatic nitrogens is 4. The summed E-state index contributed by atoms with van der Waals surface area (Å²) in [5, 5.41) is 12.4. The van der Waals surface area contributed by atoms with Crippen LogP contribution in [0.25, 0.3) is 0 Å². The van der Waals surface area contributed by atoms with E-state index in [1.165, 1.54) is 6.20 Å². The fourth-order valence-corrected chi connectivity index (χ4v) is 1.25. The Labute approximate surface area is 91.3 Å². The summed E-state index contributed by atoms with van der Waals surface area (Å²) >= 11 is 0. The molecule has 0 spiro atoms. The first kappa shape index (κ1) is 10.2. The first-order valence-corrected chi connectivity index (χ1v) is 4.69. The fourth-order valence-electron chi connectivity index (χ4n) is 1.25. The van der Waals surface area contributed by atoms with Gasteiger partial charge in [-0.3, -0.25) is 5.10 Å². The van der Waals surface area contributed by atoms with Crippen molar-refractivity contribution in [1.29, 1.82) is 0 Å². The molecule has 0 aliphatic heterocycles. The Morgan fingerprint density at radius 2 is 2.44 bits per heavy atom. The lowest BCUT2D eigenvalue weighted by atomic mass is 10.2. The molecule has 0 fully saturated rings. The normalized spacial score (nSPS) is 10.1. The van der Waals surface area contributed by atoms with Crippen LogP contribution < -0.4 is 5.32 Å². The van der Waals surface area contributed by atoms with E-state index in [0.717, 1.165) is 5.82 Å². The zero-order valence-electron chi connectivity index (χ0n) is 8.64. The van der Waals surface area contributed by atoms with Gasteiger partial charge in [-0.25, -0.2) is 4.98 Å². The number of anilines is 1. The molecular formula is C9H10N6O. The van der Waals surface area contributed by atoms with Gasteiger partial charge in [0.2, 0.25) is 11.8 Å². The third-order valence-corrected chi connectivity index (χ3v) is 1.99. The first-order chi connectivity index (χ1) is 7.79. The Bertz CT molecular complexity index is 494. The van der Waals surface area contributed by atoms with E-state index < -0.39 is 0 Å². The minimum Gasteiger partial charge on any atom is -0.349 e. The topological polar surface area (TPSA) is 95.9 Å². The standard InChI is InChI=1S/C9H10N6O/c1-6-12-9(14-13-6)11-5-7-3-2-4-10-8(7)15-16/h2-4H,5H2,1H3,(H2,11,12,13,14). The first-order valence-electron chi connectivity index (χ1n) is 4.69. The zero-order chi connectivity index (χ0) is 11.4. The van der Waals surface area contributed by atoms with Crippen LogP contribution in [0.15, 0.2) is 23.5 Å². The molecule has 0 radical (unpaired) electrons. The molecule has 82 valence electrons. The Morgan fingerprint density at radius 1 is 1.56 bits per heavy atom. The molecule has 2 aromatic rings. The van der Waals surface area contributed by atoms with Gasteiger partial charge in [0.25, 0.3) is 0 Å². The molecular weight excluding hydrogens is 208 g/mol. The molecule has 0 unspecified atom stereocenters. The molecule has 2 heterocycles. The van der Waals surface area contributed by atoms with Gasteiger partial charge < -0.3 is 5.32 Å². The number of pyridine rings is 1. The minimum atomic E-state index is 0.183. The number of nitrogens with one attached hydrogen (secondary N) is 2. The molecule has 16 heavy (non-hydrogen) atoms. The summed E-state index contributed by atoms with van der Waals surface area (Å²) < 4.78 is 0. The van der Waals surface area contributed by atoms with Crippen LogP contribution in [0.3, 0.4) is 0 Å². The molecule has 7 heteroatoms. The quantitative estimate of drug-likeness (QED) is 0.758. The van der Waals surface area contributed by atoms with Crippen LogP contribution in [0.2, 0.25) is 0 Å². The second-order valence-corrected chi connectivity index (χ2v) is 3.18. The van der Waals surface area contributed by atoms with Crippen LogP contribution >= 0.6 is 0 Å². The van der Waals surface area contributed by atoms with Crippen molar-refractivity contribution in [3.05, 3.63) is 34.6 Å². The van der Waals surface area contributed by atoms with Gasteiger partial charge >= 0.3 is 0 Å². The highest BCUT2D eigenvalue weighted by Gasteiger charge is 2.04. The summed E-state index contributed by atoms with van der Waals surface area (Å²) in [5.74, 6) is 1.39. The van der Waals surface area contributed by atoms with Gasteiger partial charge in [-0.15, -0.1) is 10.0 Å². The van der Waals surface area contributed by atoms with Crippen molar-refractivity contribution < 1.29 is 0 Å². The van der Waals surface area contributed by atoms with E-state index in [0.29, 0.717) is 18.1 Å². The average molecular weight is 218 g/mol. The number of hydrogen-bond acceptors (Lipinski definition) is 6. The molecule has 0 aliphatic carbocycles. The van der Waals surface area contributed by atoms with E-state index in [9.17, 15) is 4.91 Å². The number of aromatic amines is 1. The van der Waals surface area contributed by atoms with Crippen LogP contribution in [0, 0.1) is 11.8 Å². The molecule has 0 aliphatic rings. The second-order valence-electron chi connectivity index (χ2n) is 3.18. The van der Waals surface area contributed by atoms with Crippen molar-refractivity contribution in [2.24, 2.45) is 5.18 Å². The van der Waals surface area contributed by atoms with Crippen LogP contribution in [0.5, 0.6) is 0 Å². The monoisotopic (exact) mass is 218 g/mol. The summed E-state index contributed by atoms with van der Waals surface area (Å²) in [6.45, 7) is 2.22. The summed E-state index contributed by atoms with van der Waals surface area (Å²) in [4.78, 5) is 18.4. The summed E-state index contributed by atoms with van der Waals surface area (Å²) in [7, 11) is 0. The summed E-state index contributed by atoms with van der Waals surface area (Å²) in [5.41, 5.74) is 0.708. The van der Waals surface area contributed by atoms with Gasteiger partial charge in [-0.1, -0.05) is 6.07 Å². The molecule has 2 rings (SSSR count). The smallest absolute Gasteiger partial charge is 0.242 e. The second kappa shape index (κ2) is 4.47. The van der Waals surface area contributed by atoms with Crippen molar-refractivity contribution in [2.75, 3.05) is 5.32 Å². The van der Waals surface area contributed by atoms with Crippen molar-refractivity contribution in [3.63, 3.8) is 0 Å². The Hall–Kier alpha value is -2.31. The third-order valence-electron chi connectivity index (χ3n) is 1.99. The zero-order valence-corrected chi connectivity index (χ0v) is 8.64. The number of nitroso groups, excluding NO2 is 1. The molecule has 0 saturated carbocycles. The molecule has 0 amide bonds. The minimum absolute atomic E-state index is 0.183. The molecule has 2 aromatic heterocycles. The van der Waals surface area contributed by atoms with Crippen molar-refractivity contribution in [2.45, 2.75) is 13.5 Å². The van der Waals surface area contributed by atoms with Gasteiger partial charge in [0.15, 0.2) is 0 Å². The van der Waals surface area contributed by atoms with Gasteiger partial charge in [0.05, 0.1) is 0 Å². The van der Waals surface area contributed by atoms with E-state index in [4.69, 9.17) is 0 Å². The molecule has 0 bridgehead atoms. The molecule has 2 N–H and O–H groups in total. The van der Waals surface area contributed by atoms with Crippen molar-refractivity contribution in [1.82, 2.24) is 20.2 Å². The molecule has 0 atom stereocenters. The Morgan fingerprint density at radius 3 is 3.12 bits per heavy atom. The number of nitrogens with zero attached hydrogens (tertiary/aromatic N) is 4. The largest absolute Gasteiger partial charge is 0.349 e. The van der Waals surface area contributed by atoms with E-state index >= 15 is 0 Å². The van der Waals surface area contributed by atoms with Crippen molar-refractivity contribution in [3.8, 4) is 0 Å². The van der Waals surface area contributed by atoms with Crippen molar-refractivity contribution >= 4 is 11.8 Å². The van der Waals surface area contributed by atoms with E-state index in [2.05, 4.69) is 30.7 Å². The lowest BCUT2D eigenvalue weighted by Gasteiger charge is -2.02. The predicted octanol–water partition coefficient (Wildman–Crippen LogP) is 1.52. The van der Waals surface area contributed by atoms with Crippen LogP contribution in [-0.2, 0) is 6.54 Å². The molecule has 0 aromatic carbocycles. The van der Waals surface area contributed by atoms with Gasteiger partial charge in [0.1, 0.15) is 5.82 Å². The number of H-pyrrole nitrogens is 1. The van der Waals surface area contributed by atoms with E-state index in [1.807, 2.05) is 0 Å². The number of hydrogen-bond donors (Lipinski definition) is 2. The number of rotatable bonds is 4. The molecule has 7 nitrogen and oxygen atoms in total. The van der Waals surface area contributed by atoms with Crippen LogP contribution in [0.4, 0.5) is 11.8 Å². The van der Waals surface area contributed by atoms with Gasteiger partial charge in [-0.05, 0) is 18.2 Å². The van der Waals surface area contributed by atoms with E-state index in [1.54, 1.807) is 19.1 Å². The summed E-state index contributed by atoms with van der Waals surface area (Å²) in [6.07, 6.45) is 1.52. The third kappa shape index (κ3) is 2.19. The lowest BCUT2D eigenvalue weighted by molar-refractivity contribution is 1.02. The Balaban J connectivity index is 2.07. The van der Waals surface area contributed by atoms with Gasteiger partial charge in [0, 0.05) is 18.3 Å². The highest BCUT2D eigenvalue weighted by molar-refractivity contribution is 5.40. The maximum absolute atomic E-state index is 10.5. The highest BCUT2D eigenvalue weighted by Crippen LogP contribution is 2.15. The predicted molar refractivity (Wildman–Crippen MR) is 58.1 cm³/mol. The maximum Gasteiger partial charge on any atom is 0.242 e. The highest BCUT2D eigenvalue weighted by atomic mass is 16.3. The Kier molecular flexibility index (Phi) is 2.86. The lowest BCUT2D eigenvalue weighted by Crippen LogP contribution is -2.01. The summed E-state index contributed by atoms with van der Waals surface area (Å²) in [6, 6.07) is 3.52. The van der Waals surface area contributed by atoms with Crippen LogP contribution in [-0.4, -0.2) is 20.2 Å². The SMILES string of the molecule is Cc1nc(NCc2cccnc2N=O)n[nH]1. The van der Waals surface area contributed by atoms with Crippen LogP contribution in [0.1, 0.15) is 11.4 Å². The fraction of sp³-hybridized carbons (Fsp3) is 0.222. The number of aryl methyl sites for hydroxylation is 1. The molecule has 0 saturated heterocycles. The van der Waals surface area contributed by atoms with Gasteiger partial charge in [-0.2, -0.15) is 4.98 Å². The van der Waals surface area contributed by atoms with E-state index in [-0.39, 0.29) is 5.82 Å².